The second kappa shape index (κ2) is 8.19. The van der Waals surface area contributed by atoms with Crippen LogP contribution < -0.4 is 14.9 Å². The lowest BCUT2D eigenvalue weighted by molar-refractivity contribution is -0.123. The summed E-state index contributed by atoms with van der Waals surface area (Å²) in [5, 5.41) is 4.50. The Morgan fingerprint density at radius 1 is 1.17 bits per heavy atom. The number of nitrogens with one attached hydrogen (secondary N) is 1. The molecule has 120 valence electrons. The zero-order valence-corrected chi connectivity index (χ0v) is 13.6. The molecule has 0 saturated carbocycles. The van der Waals surface area contributed by atoms with E-state index in [1.54, 1.807) is 38.3 Å². The van der Waals surface area contributed by atoms with Gasteiger partial charge in [-0.2, -0.15) is 5.10 Å². The summed E-state index contributed by atoms with van der Waals surface area (Å²) in [7, 11) is 1.61. The largest absolute Gasteiger partial charge is 0.497 e. The van der Waals surface area contributed by atoms with Gasteiger partial charge in [0.25, 0.3) is 5.91 Å². The van der Waals surface area contributed by atoms with Gasteiger partial charge in [0.15, 0.2) is 6.61 Å². The van der Waals surface area contributed by atoms with Gasteiger partial charge in [-0.05, 0) is 48.9 Å². The third-order valence-electron chi connectivity index (χ3n) is 3.05. The molecular weight excluding hydrogens is 316 g/mol. The number of benzene rings is 2. The molecule has 0 bridgehead atoms. The fraction of sp³-hybridized carbons (Fsp3) is 0.176. The van der Waals surface area contributed by atoms with E-state index in [1.165, 1.54) is 0 Å². The van der Waals surface area contributed by atoms with E-state index in [2.05, 4.69) is 10.5 Å². The molecule has 0 aliphatic carbocycles. The van der Waals surface area contributed by atoms with Crippen LogP contribution in [0.25, 0.3) is 0 Å². The Bertz CT molecular complexity index is 699. The van der Waals surface area contributed by atoms with Gasteiger partial charge in [0.1, 0.15) is 11.5 Å². The minimum atomic E-state index is -0.363. The molecule has 0 saturated heterocycles. The van der Waals surface area contributed by atoms with Crippen molar-refractivity contribution < 1.29 is 14.3 Å². The van der Waals surface area contributed by atoms with E-state index < -0.39 is 0 Å². The molecule has 0 atom stereocenters. The maximum atomic E-state index is 11.8. The molecule has 23 heavy (non-hydrogen) atoms. The number of carbonyl (C=O) groups is 1. The van der Waals surface area contributed by atoms with E-state index in [4.69, 9.17) is 21.1 Å². The summed E-state index contributed by atoms with van der Waals surface area (Å²) in [5.41, 5.74) is 4.02. The van der Waals surface area contributed by atoms with Crippen LogP contribution in [0, 0.1) is 0 Å². The summed E-state index contributed by atoms with van der Waals surface area (Å²) >= 11 is 5.95. The number of para-hydroxylation sites is 1. The molecule has 0 unspecified atom stereocenters. The first-order chi connectivity index (χ1) is 11.1. The molecule has 5 nitrogen and oxygen atoms in total. The van der Waals surface area contributed by atoms with Gasteiger partial charge in [-0.25, -0.2) is 5.43 Å². The van der Waals surface area contributed by atoms with Gasteiger partial charge < -0.3 is 9.47 Å². The van der Waals surface area contributed by atoms with Crippen molar-refractivity contribution >= 4 is 23.2 Å². The SMILES string of the molecule is COc1ccc(/C(C)=N\NC(=O)COc2ccccc2Cl)cc1. The van der Waals surface area contributed by atoms with Crippen molar-refractivity contribution in [3.05, 3.63) is 59.1 Å². The van der Waals surface area contributed by atoms with E-state index in [0.29, 0.717) is 16.5 Å². The first kappa shape index (κ1) is 16.8. The first-order valence-corrected chi connectivity index (χ1v) is 7.33. The summed E-state index contributed by atoms with van der Waals surface area (Å²) in [6.45, 7) is 1.64. The number of halogens is 1. The van der Waals surface area contributed by atoms with Crippen molar-refractivity contribution in [3.63, 3.8) is 0 Å². The highest BCUT2D eigenvalue weighted by Gasteiger charge is 2.05. The highest BCUT2D eigenvalue weighted by atomic mass is 35.5. The standard InChI is InChI=1S/C17H17ClN2O3/c1-12(13-7-9-14(22-2)10-8-13)19-20-17(21)11-23-16-6-4-3-5-15(16)18/h3-10H,11H2,1-2H3,(H,20,21)/b19-12-. The van der Waals surface area contributed by atoms with Crippen molar-refractivity contribution in [2.24, 2.45) is 5.10 Å². The molecule has 0 heterocycles. The molecule has 0 spiro atoms. The number of rotatable bonds is 6. The summed E-state index contributed by atoms with van der Waals surface area (Å²) in [5.74, 6) is 0.858. The van der Waals surface area contributed by atoms with Gasteiger partial charge in [-0.3, -0.25) is 4.79 Å². The molecule has 6 heteroatoms. The quantitative estimate of drug-likeness (QED) is 0.652. The van der Waals surface area contributed by atoms with Gasteiger partial charge in [-0.15, -0.1) is 0 Å². The van der Waals surface area contributed by atoms with Crippen LogP contribution in [0.5, 0.6) is 11.5 Å². The van der Waals surface area contributed by atoms with Gasteiger partial charge in [0.05, 0.1) is 17.8 Å². The molecule has 1 N–H and O–H groups in total. The maximum absolute atomic E-state index is 11.8. The van der Waals surface area contributed by atoms with Gasteiger partial charge in [-0.1, -0.05) is 23.7 Å². The van der Waals surface area contributed by atoms with E-state index in [-0.39, 0.29) is 12.5 Å². The van der Waals surface area contributed by atoms with Gasteiger partial charge in [0.2, 0.25) is 0 Å². The molecule has 1 amide bonds. The van der Waals surface area contributed by atoms with Crippen LogP contribution >= 0.6 is 11.6 Å². The Balaban J connectivity index is 1.88. The maximum Gasteiger partial charge on any atom is 0.277 e. The van der Waals surface area contributed by atoms with Crippen molar-refractivity contribution in [1.29, 1.82) is 0 Å². The predicted molar refractivity (Wildman–Crippen MR) is 90.3 cm³/mol. The average Bonchev–Trinajstić information content (AvgIpc) is 2.59. The van der Waals surface area contributed by atoms with Crippen molar-refractivity contribution in [1.82, 2.24) is 5.43 Å². The number of hydrogen-bond donors (Lipinski definition) is 1. The number of amides is 1. The molecular formula is C17H17ClN2O3. The average molecular weight is 333 g/mol. The van der Waals surface area contributed by atoms with Crippen molar-refractivity contribution in [3.8, 4) is 11.5 Å². The number of ether oxygens (including phenoxy) is 2. The van der Waals surface area contributed by atoms with Crippen LogP contribution in [0.3, 0.4) is 0 Å². The number of hydrogen-bond acceptors (Lipinski definition) is 4. The molecule has 2 aromatic carbocycles. The Labute approximate surface area is 139 Å². The molecule has 0 aliphatic heterocycles. The van der Waals surface area contributed by atoms with Gasteiger partial charge in [0, 0.05) is 0 Å². The number of hydrazone groups is 1. The Morgan fingerprint density at radius 2 is 1.87 bits per heavy atom. The van der Waals surface area contributed by atoms with Crippen LogP contribution in [-0.2, 0) is 4.79 Å². The van der Waals surface area contributed by atoms with Gasteiger partial charge >= 0.3 is 0 Å². The minimum absolute atomic E-state index is 0.164. The molecule has 0 aromatic heterocycles. The topological polar surface area (TPSA) is 59.9 Å². The zero-order chi connectivity index (χ0) is 16.7. The lowest BCUT2D eigenvalue weighted by atomic mass is 10.1. The second-order valence-electron chi connectivity index (χ2n) is 4.68. The zero-order valence-electron chi connectivity index (χ0n) is 12.9. The molecule has 0 aliphatic rings. The van der Waals surface area contributed by atoms with E-state index in [1.807, 2.05) is 24.3 Å². The number of methoxy groups -OCH3 is 1. The highest BCUT2D eigenvalue weighted by Crippen LogP contribution is 2.22. The second-order valence-corrected chi connectivity index (χ2v) is 5.09. The van der Waals surface area contributed by atoms with E-state index in [0.717, 1.165) is 11.3 Å². The fourth-order valence-corrected chi connectivity index (χ4v) is 1.97. The van der Waals surface area contributed by atoms with Crippen LogP contribution in [-0.4, -0.2) is 25.3 Å². The number of carbonyl (C=O) groups excluding carboxylic acids is 1. The van der Waals surface area contributed by atoms with Crippen LogP contribution in [0.4, 0.5) is 0 Å². The highest BCUT2D eigenvalue weighted by molar-refractivity contribution is 6.32. The third-order valence-corrected chi connectivity index (χ3v) is 3.36. The fourth-order valence-electron chi connectivity index (χ4n) is 1.78. The third kappa shape index (κ3) is 5.00. The van der Waals surface area contributed by atoms with E-state index in [9.17, 15) is 4.79 Å². The van der Waals surface area contributed by atoms with Crippen LogP contribution in [0.15, 0.2) is 53.6 Å². The summed E-state index contributed by atoms with van der Waals surface area (Å²) < 4.78 is 10.4. The Hall–Kier alpha value is -2.53. The lowest BCUT2D eigenvalue weighted by Gasteiger charge is -2.07. The van der Waals surface area contributed by atoms with Crippen molar-refractivity contribution in [2.45, 2.75) is 6.92 Å². The molecule has 2 rings (SSSR count). The first-order valence-electron chi connectivity index (χ1n) is 6.95. The molecule has 2 aromatic rings. The molecule has 0 radical (unpaired) electrons. The summed E-state index contributed by atoms with van der Waals surface area (Å²) in [4.78, 5) is 11.8. The monoisotopic (exact) mass is 332 g/mol. The van der Waals surface area contributed by atoms with Crippen LogP contribution in [0.1, 0.15) is 12.5 Å². The smallest absolute Gasteiger partial charge is 0.277 e. The normalized spacial score (nSPS) is 11.0. The van der Waals surface area contributed by atoms with E-state index >= 15 is 0 Å². The van der Waals surface area contributed by atoms with Crippen LogP contribution in [0.2, 0.25) is 5.02 Å². The Kier molecular flexibility index (Phi) is 6.00. The summed E-state index contributed by atoms with van der Waals surface area (Å²) in [6, 6.07) is 14.4. The predicted octanol–water partition coefficient (Wildman–Crippen LogP) is 3.27. The molecule has 0 fully saturated rings. The van der Waals surface area contributed by atoms with Crippen molar-refractivity contribution in [2.75, 3.05) is 13.7 Å². The lowest BCUT2D eigenvalue weighted by Crippen LogP contribution is -2.25. The Morgan fingerprint density at radius 3 is 2.52 bits per heavy atom. The summed E-state index contributed by atoms with van der Waals surface area (Å²) in [6.07, 6.45) is 0. The number of nitrogens with zero attached hydrogens (tertiary/aromatic N) is 1. The minimum Gasteiger partial charge on any atom is -0.497 e.